The largest absolute Gasteiger partial charge is 0.337 e. The fourth-order valence-corrected chi connectivity index (χ4v) is 3.31. The zero-order valence-electron chi connectivity index (χ0n) is 13.5. The standard InChI is InChI=1S/C19H19BrN2O2/c1-21(13-15-6-2-3-9-17(15)20)19(24)14-7-4-8-16(12-14)22-11-5-10-18(22)23/h2-4,6-9,12H,5,10-11,13H2,1H3. The highest BCUT2D eigenvalue weighted by atomic mass is 79.9. The van der Waals surface area contributed by atoms with Gasteiger partial charge in [0.05, 0.1) is 0 Å². The van der Waals surface area contributed by atoms with E-state index in [-0.39, 0.29) is 11.8 Å². The zero-order chi connectivity index (χ0) is 17.1. The van der Waals surface area contributed by atoms with Crippen molar-refractivity contribution in [3.63, 3.8) is 0 Å². The Kier molecular flexibility index (Phi) is 5.00. The summed E-state index contributed by atoms with van der Waals surface area (Å²) in [6, 6.07) is 15.2. The fourth-order valence-electron chi connectivity index (χ4n) is 2.90. The molecule has 4 nitrogen and oxygen atoms in total. The maximum atomic E-state index is 12.7. The molecule has 0 unspecified atom stereocenters. The van der Waals surface area contributed by atoms with Crippen LogP contribution in [0.3, 0.4) is 0 Å². The summed E-state index contributed by atoms with van der Waals surface area (Å²) in [5, 5.41) is 0. The van der Waals surface area contributed by atoms with Gasteiger partial charge in [-0.1, -0.05) is 40.2 Å². The number of benzene rings is 2. The molecule has 0 radical (unpaired) electrons. The lowest BCUT2D eigenvalue weighted by Gasteiger charge is -2.20. The highest BCUT2D eigenvalue weighted by Gasteiger charge is 2.22. The van der Waals surface area contributed by atoms with E-state index in [1.165, 1.54) is 0 Å². The van der Waals surface area contributed by atoms with Crippen molar-refractivity contribution >= 4 is 33.4 Å². The molecule has 0 N–H and O–H groups in total. The normalized spacial score (nSPS) is 14.1. The molecule has 5 heteroatoms. The topological polar surface area (TPSA) is 40.6 Å². The van der Waals surface area contributed by atoms with Gasteiger partial charge in [-0.3, -0.25) is 9.59 Å². The van der Waals surface area contributed by atoms with Crippen LogP contribution in [0.2, 0.25) is 0 Å². The van der Waals surface area contributed by atoms with Gasteiger partial charge in [-0.25, -0.2) is 0 Å². The van der Waals surface area contributed by atoms with Crippen molar-refractivity contribution in [1.29, 1.82) is 0 Å². The van der Waals surface area contributed by atoms with E-state index in [2.05, 4.69) is 15.9 Å². The van der Waals surface area contributed by atoms with Crippen molar-refractivity contribution in [2.24, 2.45) is 0 Å². The molecule has 2 aromatic carbocycles. The minimum Gasteiger partial charge on any atom is -0.337 e. The van der Waals surface area contributed by atoms with Gasteiger partial charge in [0.15, 0.2) is 0 Å². The number of hydrogen-bond donors (Lipinski definition) is 0. The van der Waals surface area contributed by atoms with E-state index >= 15 is 0 Å². The lowest BCUT2D eigenvalue weighted by Crippen LogP contribution is -2.27. The Bertz CT molecular complexity index is 775. The third kappa shape index (κ3) is 3.51. The van der Waals surface area contributed by atoms with Gasteiger partial charge < -0.3 is 9.80 Å². The summed E-state index contributed by atoms with van der Waals surface area (Å²) < 4.78 is 0.987. The number of amides is 2. The van der Waals surface area contributed by atoms with E-state index in [1.807, 2.05) is 42.5 Å². The highest BCUT2D eigenvalue weighted by Crippen LogP contribution is 2.23. The average Bonchev–Trinajstić information content (AvgIpc) is 3.02. The molecular weight excluding hydrogens is 368 g/mol. The van der Waals surface area contributed by atoms with E-state index in [0.717, 1.165) is 28.7 Å². The SMILES string of the molecule is CN(Cc1ccccc1Br)C(=O)c1cccc(N2CCCC2=O)c1. The van der Waals surface area contributed by atoms with Gasteiger partial charge >= 0.3 is 0 Å². The predicted molar refractivity (Wildman–Crippen MR) is 98.0 cm³/mol. The van der Waals surface area contributed by atoms with Crippen LogP contribution in [0.25, 0.3) is 0 Å². The van der Waals surface area contributed by atoms with Gasteiger partial charge in [0.1, 0.15) is 0 Å². The second kappa shape index (κ2) is 7.18. The van der Waals surface area contributed by atoms with Crippen molar-refractivity contribution in [2.75, 3.05) is 18.5 Å². The smallest absolute Gasteiger partial charge is 0.253 e. The van der Waals surface area contributed by atoms with Crippen LogP contribution in [0.5, 0.6) is 0 Å². The number of anilines is 1. The Hall–Kier alpha value is -2.14. The van der Waals surface area contributed by atoms with Gasteiger partial charge in [-0.15, -0.1) is 0 Å². The van der Waals surface area contributed by atoms with Crippen LogP contribution >= 0.6 is 15.9 Å². The number of carbonyl (C=O) groups excluding carboxylic acids is 2. The van der Waals surface area contributed by atoms with E-state index < -0.39 is 0 Å². The Balaban J connectivity index is 1.77. The van der Waals surface area contributed by atoms with E-state index in [4.69, 9.17) is 0 Å². The first-order valence-electron chi connectivity index (χ1n) is 7.95. The van der Waals surface area contributed by atoms with E-state index in [0.29, 0.717) is 18.5 Å². The monoisotopic (exact) mass is 386 g/mol. The predicted octanol–water partition coefficient (Wildman–Crippen LogP) is 3.85. The third-order valence-electron chi connectivity index (χ3n) is 4.19. The molecule has 0 atom stereocenters. The Morgan fingerprint density at radius 1 is 1.21 bits per heavy atom. The van der Waals surface area contributed by atoms with Crippen LogP contribution in [-0.2, 0) is 11.3 Å². The number of rotatable bonds is 4. The summed E-state index contributed by atoms with van der Waals surface area (Å²) in [4.78, 5) is 28.0. The molecule has 2 aromatic rings. The molecule has 24 heavy (non-hydrogen) atoms. The molecule has 1 aliphatic heterocycles. The Morgan fingerprint density at radius 2 is 2.00 bits per heavy atom. The fraction of sp³-hybridized carbons (Fsp3) is 0.263. The molecule has 2 amide bonds. The molecule has 0 spiro atoms. The van der Waals surface area contributed by atoms with Crippen molar-refractivity contribution < 1.29 is 9.59 Å². The zero-order valence-corrected chi connectivity index (χ0v) is 15.1. The molecule has 0 aromatic heterocycles. The summed E-state index contributed by atoms with van der Waals surface area (Å²) in [5.74, 6) is 0.0698. The van der Waals surface area contributed by atoms with Crippen LogP contribution in [0, 0.1) is 0 Å². The molecule has 1 fully saturated rings. The summed E-state index contributed by atoms with van der Waals surface area (Å²) >= 11 is 3.51. The summed E-state index contributed by atoms with van der Waals surface area (Å²) in [6.45, 7) is 1.25. The molecule has 1 aliphatic rings. The van der Waals surface area contributed by atoms with Crippen molar-refractivity contribution in [3.05, 3.63) is 64.1 Å². The Morgan fingerprint density at radius 3 is 2.71 bits per heavy atom. The molecule has 0 bridgehead atoms. The minimum absolute atomic E-state index is 0.0563. The third-order valence-corrected chi connectivity index (χ3v) is 4.96. The molecule has 0 aliphatic carbocycles. The highest BCUT2D eigenvalue weighted by molar-refractivity contribution is 9.10. The Labute approximate surface area is 150 Å². The maximum absolute atomic E-state index is 12.7. The van der Waals surface area contributed by atoms with Crippen LogP contribution in [-0.4, -0.2) is 30.3 Å². The van der Waals surface area contributed by atoms with Crippen LogP contribution < -0.4 is 4.90 Å². The molecular formula is C19H19BrN2O2. The number of halogens is 1. The van der Waals surface area contributed by atoms with E-state index in [1.54, 1.807) is 22.9 Å². The lowest BCUT2D eigenvalue weighted by molar-refractivity contribution is -0.117. The number of nitrogens with zero attached hydrogens (tertiary/aromatic N) is 2. The van der Waals surface area contributed by atoms with Crippen LogP contribution in [0.4, 0.5) is 5.69 Å². The first kappa shape index (κ1) is 16.7. The molecule has 0 saturated carbocycles. The van der Waals surface area contributed by atoms with Gasteiger partial charge in [0, 0.05) is 42.3 Å². The van der Waals surface area contributed by atoms with Gasteiger partial charge in [-0.05, 0) is 36.2 Å². The molecule has 1 heterocycles. The lowest BCUT2D eigenvalue weighted by atomic mass is 10.1. The molecule has 1 saturated heterocycles. The number of carbonyl (C=O) groups is 2. The van der Waals surface area contributed by atoms with Gasteiger partial charge in [-0.2, -0.15) is 0 Å². The van der Waals surface area contributed by atoms with Crippen molar-refractivity contribution in [1.82, 2.24) is 4.90 Å². The van der Waals surface area contributed by atoms with Gasteiger partial charge in [0.25, 0.3) is 5.91 Å². The second-order valence-corrected chi connectivity index (χ2v) is 6.81. The quantitative estimate of drug-likeness (QED) is 0.800. The number of hydrogen-bond acceptors (Lipinski definition) is 2. The molecule has 124 valence electrons. The van der Waals surface area contributed by atoms with Crippen molar-refractivity contribution in [2.45, 2.75) is 19.4 Å². The molecule has 3 rings (SSSR count). The summed E-state index contributed by atoms with van der Waals surface area (Å²) in [7, 11) is 1.79. The average molecular weight is 387 g/mol. The van der Waals surface area contributed by atoms with Crippen LogP contribution in [0.15, 0.2) is 53.0 Å². The van der Waals surface area contributed by atoms with Crippen molar-refractivity contribution in [3.8, 4) is 0 Å². The maximum Gasteiger partial charge on any atom is 0.253 e. The van der Waals surface area contributed by atoms with Crippen LogP contribution in [0.1, 0.15) is 28.8 Å². The first-order valence-corrected chi connectivity index (χ1v) is 8.75. The summed E-state index contributed by atoms with van der Waals surface area (Å²) in [5.41, 5.74) is 2.46. The first-order chi connectivity index (χ1) is 11.6. The summed E-state index contributed by atoms with van der Waals surface area (Å²) in [6.07, 6.45) is 1.46. The minimum atomic E-state index is -0.0563. The van der Waals surface area contributed by atoms with Gasteiger partial charge in [0.2, 0.25) is 5.91 Å². The second-order valence-electron chi connectivity index (χ2n) is 5.95. The van der Waals surface area contributed by atoms with E-state index in [9.17, 15) is 9.59 Å².